The van der Waals surface area contributed by atoms with Crippen molar-refractivity contribution in [1.82, 2.24) is 4.90 Å². The van der Waals surface area contributed by atoms with Crippen LogP contribution >= 0.6 is 11.3 Å². The molecule has 0 aliphatic carbocycles. The van der Waals surface area contributed by atoms with Crippen molar-refractivity contribution < 1.29 is 14.3 Å². The zero-order valence-corrected chi connectivity index (χ0v) is 18.5. The van der Waals surface area contributed by atoms with Crippen molar-refractivity contribution in [1.29, 1.82) is 0 Å². The van der Waals surface area contributed by atoms with Gasteiger partial charge in [-0.25, -0.2) is 0 Å². The maximum Gasteiger partial charge on any atom is 0.260 e. The second kappa shape index (κ2) is 7.21. The normalized spacial score (nSPS) is 17.3. The third kappa shape index (κ3) is 2.76. The summed E-state index contributed by atoms with van der Waals surface area (Å²) in [4.78, 5) is 19.9. The van der Waals surface area contributed by atoms with Crippen molar-refractivity contribution in [2.75, 3.05) is 14.2 Å². The second-order valence-corrected chi connectivity index (χ2v) is 8.97. The number of methoxy groups -OCH3 is 2. The Labute approximate surface area is 189 Å². The lowest BCUT2D eigenvalue weighted by Gasteiger charge is -2.18. The average molecular weight is 441 g/mol. The van der Waals surface area contributed by atoms with Gasteiger partial charge in [-0.2, -0.15) is 0 Å². The molecule has 3 heterocycles. The summed E-state index contributed by atoms with van der Waals surface area (Å²) in [5.74, 6) is 1.000. The molecule has 1 atom stereocenters. The summed E-state index contributed by atoms with van der Waals surface area (Å²) in [6.45, 7) is 0. The topological polar surface area (TPSA) is 51.1 Å². The van der Waals surface area contributed by atoms with E-state index in [9.17, 15) is 4.79 Å². The molecule has 0 unspecified atom stereocenters. The molecule has 6 rings (SSSR count). The highest BCUT2D eigenvalue weighted by Gasteiger charge is 2.34. The van der Waals surface area contributed by atoms with Gasteiger partial charge in [-0.05, 0) is 23.3 Å². The molecular weight excluding hydrogens is 420 g/mol. The van der Waals surface area contributed by atoms with Crippen LogP contribution in [0, 0.1) is 0 Å². The molecule has 3 aromatic carbocycles. The monoisotopic (exact) mass is 440 g/mol. The predicted octanol–water partition coefficient (Wildman–Crippen LogP) is 6.04. The van der Waals surface area contributed by atoms with Crippen molar-refractivity contribution in [3.8, 4) is 11.5 Å². The number of ether oxygens (including phenoxy) is 2. The largest absolute Gasteiger partial charge is 0.493 e. The van der Waals surface area contributed by atoms with Crippen LogP contribution in [-0.4, -0.2) is 37.3 Å². The Morgan fingerprint density at radius 2 is 1.75 bits per heavy atom. The van der Waals surface area contributed by atoms with E-state index in [-0.39, 0.29) is 11.9 Å². The average Bonchev–Trinajstić information content (AvgIpc) is 3.40. The number of nitrogens with zero attached hydrogens (tertiary/aromatic N) is 2. The van der Waals surface area contributed by atoms with Crippen LogP contribution in [0.4, 0.5) is 5.69 Å². The summed E-state index contributed by atoms with van der Waals surface area (Å²) in [6, 6.07) is 18.3. The number of rotatable bonds is 3. The predicted molar refractivity (Wildman–Crippen MR) is 130 cm³/mol. The van der Waals surface area contributed by atoms with Crippen LogP contribution in [0.2, 0.25) is 0 Å². The Morgan fingerprint density at radius 3 is 2.59 bits per heavy atom. The van der Waals surface area contributed by atoms with Gasteiger partial charge in [0.25, 0.3) is 5.91 Å². The number of hydrogen-bond donors (Lipinski definition) is 0. The van der Waals surface area contributed by atoms with Gasteiger partial charge in [-0.1, -0.05) is 36.4 Å². The second-order valence-electron chi connectivity index (χ2n) is 7.92. The summed E-state index contributed by atoms with van der Waals surface area (Å²) in [6.07, 6.45) is 4.58. The fraction of sp³-hybridized carbons (Fsp3) is 0.154. The first kappa shape index (κ1) is 19.1. The molecule has 6 heteroatoms. The number of carbonyl (C=O) groups excluding carboxylic acids is 1. The van der Waals surface area contributed by atoms with Crippen LogP contribution in [0.3, 0.4) is 0 Å². The number of fused-ring (bicyclic) bond motifs is 5. The number of hydrogen-bond acceptors (Lipinski definition) is 5. The fourth-order valence-corrected chi connectivity index (χ4v) is 5.86. The standard InChI is InChI=1S/C26H20N2O3S/c1-30-22-11-20-21(12-23(22)31-2)27-13-16-10-15(14-28(16)26(20)29)17-7-5-8-19-18-6-3-4-9-24(18)32-25(17)19/h3-9,11-14,16H,10H2,1-2H3/t16-/m0/s1. The Morgan fingerprint density at radius 1 is 0.969 bits per heavy atom. The van der Waals surface area contributed by atoms with Gasteiger partial charge in [0.2, 0.25) is 0 Å². The maximum absolute atomic E-state index is 13.5. The minimum Gasteiger partial charge on any atom is -0.493 e. The summed E-state index contributed by atoms with van der Waals surface area (Å²) in [5, 5.41) is 2.53. The molecule has 2 aliphatic heterocycles. The maximum atomic E-state index is 13.5. The van der Waals surface area contributed by atoms with Crippen LogP contribution in [0.15, 0.2) is 65.8 Å². The molecule has 0 N–H and O–H groups in total. The Balaban J connectivity index is 1.45. The van der Waals surface area contributed by atoms with E-state index in [4.69, 9.17) is 9.47 Å². The first-order valence-electron chi connectivity index (χ1n) is 10.4. The zero-order valence-electron chi connectivity index (χ0n) is 17.7. The van der Waals surface area contributed by atoms with E-state index in [2.05, 4.69) is 47.5 Å². The molecule has 0 saturated heterocycles. The van der Waals surface area contributed by atoms with Gasteiger partial charge >= 0.3 is 0 Å². The molecule has 1 amide bonds. The highest BCUT2D eigenvalue weighted by Crippen LogP contribution is 2.43. The van der Waals surface area contributed by atoms with E-state index in [1.807, 2.05) is 12.4 Å². The van der Waals surface area contributed by atoms with Crippen molar-refractivity contribution in [3.63, 3.8) is 0 Å². The SMILES string of the molecule is COc1cc2c(cc1OC)C(=O)N1C=C(c3cccc4c3sc3ccccc34)C[C@H]1C=N2. The zero-order chi connectivity index (χ0) is 21.8. The smallest absolute Gasteiger partial charge is 0.260 e. The van der Waals surface area contributed by atoms with E-state index in [0.29, 0.717) is 22.7 Å². The number of carbonyl (C=O) groups is 1. The Bertz CT molecular complexity index is 1470. The van der Waals surface area contributed by atoms with E-state index in [1.54, 1.807) is 42.6 Å². The molecule has 0 radical (unpaired) electrons. The molecule has 32 heavy (non-hydrogen) atoms. The molecule has 0 spiro atoms. The van der Waals surface area contributed by atoms with Gasteiger partial charge in [0.1, 0.15) is 0 Å². The van der Waals surface area contributed by atoms with Crippen LogP contribution in [0.1, 0.15) is 22.3 Å². The summed E-state index contributed by atoms with van der Waals surface area (Å²) in [7, 11) is 3.14. The Kier molecular flexibility index (Phi) is 4.30. The lowest BCUT2D eigenvalue weighted by atomic mass is 10.0. The van der Waals surface area contributed by atoms with Crippen molar-refractivity contribution in [2.45, 2.75) is 12.5 Å². The van der Waals surface area contributed by atoms with E-state index in [0.717, 1.165) is 12.0 Å². The lowest BCUT2D eigenvalue weighted by Crippen LogP contribution is -2.32. The van der Waals surface area contributed by atoms with Crippen LogP contribution < -0.4 is 9.47 Å². The van der Waals surface area contributed by atoms with Crippen molar-refractivity contribution in [3.05, 3.63) is 71.9 Å². The van der Waals surface area contributed by atoms with E-state index < -0.39 is 0 Å². The van der Waals surface area contributed by atoms with Gasteiger partial charge in [0, 0.05) is 45.1 Å². The third-order valence-corrected chi connectivity index (χ3v) is 7.40. The van der Waals surface area contributed by atoms with Gasteiger partial charge in [-0.3, -0.25) is 9.79 Å². The van der Waals surface area contributed by atoms with Gasteiger partial charge in [-0.15, -0.1) is 11.3 Å². The summed E-state index contributed by atoms with van der Waals surface area (Å²) in [5.41, 5.74) is 3.45. The summed E-state index contributed by atoms with van der Waals surface area (Å²) < 4.78 is 13.3. The van der Waals surface area contributed by atoms with Gasteiger partial charge in [0.05, 0.1) is 31.5 Å². The highest BCUT2D eigenvalue weighted by molar-refractivity contribution is 7.26. The van der Waals surface area contributed by atoms with Gasteiger partial charge in [0.15, 0.2) is 11.5 Å². The molecule has 5 nitrogen and oxygen atoms in total. The first-order chi connectivity index (χ1) is 15.7. The van der Waals surface area contributed by atoms with Crippen LogP contribution in [0.5, 0.6) is 11.5 Å². The van der Waals surface area contributed by atoms with E-state index >= 15 is 0 Å². The first-order valence-corrected chi connectivity index (χ1v) is 11.2. The van der Waals surface area contributed by atoms with E-state index in [1.165, 1.54) is 25.7 Å². The molecule has 0 fully saturated rings. The molecule has 2 aliphatic rings. The molecule has 0 saturated carbocycles. The molecule has 158 valence electrons. The number of aliphatic imine (C=N–C) groups is 1. The molecule has 4 aromatic rings. The molecule has 0 bridgehead atoms. The number of benzene rings is 3. The van der Waals surface area contributed by atoms with Gasteiger partial charge < -0.3 is 14.4 Å². The highest BCUT2D eigenvalue weighted by atomic mass is 32.1. The number of amides is 1. The quantitative estimate of drug-likeness (QED) is 0.390. The number of thiophene rings is 1. The minimum absolute atomic E-state index is 0.0815. The minimum atomic E-state index is -0.119. The third-order valence-electron chi connectivity index (χ3n) is 6.18. The van der Waals surface area contributed by atoms with Crippen LogP contribution in [0.25, 0.3) is 25.7 Å². The fourth-order valence-electron chi connectivity index (χ4n) is 4.61. The van der Waals surface area contributed by atoms with Crippen molar-refractivity contribution >= 4 is 54.9 Å². The molecule has 1 aromatic heterocycles. The molecular formula is C26H20N2O3S. The lowest BCUT2D eigenvalue weighted by molar-refractivity contribution is 0.0817. The Hall–Kier alpha value is -3.64. The van der Waals surface area contributed by atoms with Crippen LogP contribution in [-0.2, 0) is 0 Å². The summed E-state index contributed by atoms with van der Waals surface area (Å²) >= 11 is 1.80. The van der Waals surface area contributed by atoms with Crippen molar-refractivity contribution in [2.24, 2.45) is 4.99 Å².